The number of pyridine rings is 1. The van der Waals surface area contributed by atoms with E-state index in [0.717, 1.165) is 24.5 Å². The topological polar surface area (TPSA) is 91.4 Å². The molecule has 0 spiro atoms. The summed E-state index contributed by atoms with van der Waals surface area (Å²) in [7, 11) is -3.57. The lowest BCUT2D eigenvalue weighted by Gasteiger charge is -2.19. The SMILES string of the molecule is CCN(CC)c1ccc(CNC(=O)c2ccc(S(=O)(=O)NC(C)C)cc2)cn1. The van der Waals surface area contributed by atoms with E-state index < -0.39 is 10.0 Å². The van der Waals surface area contributed by atoms with Gasteiger partial charge in [0.2, 0.25) is 10.0 Å². The summed E-state index contributed by atoms with van der Waals surface area (Å²) in [5.74, 6) is 0.639. The van der Waals surface area contributed by atoms with Crippen molar-refractivity contribution in [2.45, 2.75) is 45.2 Å². The molecule has 7 nitrogen and oxygen atoms in total. The molecule has 8 heteroatoms. The van der Waals surface area contributed by atoms with E-state index in [1.807, 2.05) is 12.1 Å². The molecule has 0 fully saturated rings. The van der Waals surface area contributed by atoms with Crippen molar-refractivity contribution in [3.8, 4) is 0 Å². The lowest BCUT2D eigenvalue weighted by atomic mass is 10.2. The molecule has 0 saturated carbocycles. The summed E-state index contributed by atoms with van der Waals surface area (Å²) in [5, 5.41) is 2.82. The Morgan fingerprint density at radius 2 is 1.71 bits per heavy atom. The number of sulfonamides is 1. The van der Waals surface area contributed by atoms with Gasteiger partial charge in [-0.3, -0.25) is 4.79 Å². The van der Waals surface area contributed by atoms with Crippen LogP contribution in [0.2, 0.25) is 0 Å². The highest BCUT2D eigenvalue weighted by Crippen LogP contribution is 2.13. The Bertz CT molecular complexity index is 875. The van der Waals surface area contributed by atoms with Crippen LogP contribution < -0.4 is 14.9 Å². The molecule has 2 aromatic rings. The minimum Gasteiger partial charge on any atom is -0.357 e. The molecular formula is C20H28N4O3S. The van der Waals surface area contributed by atoms with Crippen molar-refractivity contribution >= 4 is 21.7 Å². The van der Waals surface area contributed by atoms with Gasteiger partial charge in [-0.25, -0.2) is 18.1 Å². The normalized spacial score (nSPS) is 11.5. The average Bonchev–Trinajstić information content (AvgIpc) is 2.67. The van der Waals surface area contributed by atoms with Crippen LogP contribution in [0.5, 0.6) is 0 Å². The molecular weight excluding hydrogens is 376 g/mol. The summed E-state index contributed by atoms with van der Waals surface area (Å²) in [6.45, 7) is 9.78. The standard InChI is InChI=1S/C20H28N4O3S/c1-5-24(6-2)19-12-7-16(13-21-19)14-22-20(25)17-8-10-18(11-9-17)28(26,27)23-15(3)4/h7-13,15,23H,5-6,14H2,1-4H3,(H,22,25). The summed E-state index contributed by atoms with van der Waals surface area (Å²) < 4.78 is 26.8. The molecule has 1 amide bonds. The highest BCUT2D eigenvalue weighted by Gasteiger charge is 2.16. The number of hydrogen-bond acceptors (Lipinski definition) is 5. The van der Waals surface area contributed by atoms with Crippen LogP contribution in [0.15, 0.2) is 47.5 Å². The van der Waals surface area contributed by atoms with Crippen molar-refractivity contribution in [1.29, 1.82) is 0 Å². The van der Waals surface area contributed by atoms with Gasteiger partial charge in [0.05, 0.1) is 4.90 Å². The highest BCUT2D eigenvalue weighted by atomic mass is 32.2. The number of nitrogens with one attached hydrogen (secondary N) is 2. The lowest BCUT2D eigenvalue weighted by Crippen LogP contribution is -2.30. The second kappa shape index (κ2) is 9.66. The van der Waals surface area contributed by atoms with Crippen LogP contribution in [0.25, 0.3) is 0 Å². The van der Waals surface area contributed by atoms with Gasteiger partial charge in [0.1, 0.15) is 5.82 Å². The number of benzene rings is 1. The number of nitrogens with zero attached hydrogens (tertiary/aromatic N) is 2. The third-order valence-electron chi connectivity index (χ3n) is 4.17. The van der Waals surface area contributed by atoms with E-state index in [-0.39, 0.29) is 16.8 Å². The Morgan fingerprint density at radius 1 is 1.07 bits per heavy atom. The van der Waals surface area contributed by atoms with Gasteiger partial charge < -0.3 is 10.2 Å². The minimum absolute atomic E-state index is 0.133. The van der Waals surface area contributed by atoms with E-state index >= 15 is 0 Å². The summed E-state index contributed by atoms with van der Waals surface area (Å²) in [6, 6.07) is 9.55. The van der Waals surface area contributed by atoms with Gasteiger partial charge in [-0.2, -0.15) is 0 Å². The number of anilines is 1. The Balaban J connectivity index is 1.98. The smallest absolute Gasteiger partial charge is 0.251 e. The van der Waals surface area contributed by atoms with Crippen LogP contribution in [0.4, 0.5) is 5.82 Å². The summed E-state index contributed by atoms with van der Waals surface area (Å²) in [4.78, 5) is 19.0. The minimum atomic E-state index is -3.57. The van der Waals surface area contributed by atoms with E-state index in [0.29, 0.717) is 12.1 Å². The Kier molecular flexibility index (Phi) is 7.53. The molecule has 0 aliphatic carbocycles. The second-order valence-corrected chi connectivity index (χ2v) is 8.39. The molecule has 0 aliphatic heterocycles. The quantitative estimate of drug-likeness (QED) is 0.670. The Labute approximate surface area is 167 Å². The van der Waals surface area contributed by atoms with Gasteiger partial charge in [-0.15, -0.1) is 0 Å². The monoisotopic (exact) mass is 404 g/mol. The Morgan fingerprint density at radius 3 is 2.21 bits per heavy atom. The summed E-state index contributed by atoms with van der Waals surface area (Å²) in [5.41, 5.74) is 1.29. The van der Waals surface area contributed by atoms with E-state index in [9.17, 15) is 13.2 Å². The fourth-order valence-electron chi connectivity index (χ4n) is 2.70. The molecule has 0 atom stereocenters. The predicted molar refractivity (Wildman–Crippen MR) is 111 cm³/mol. The third-order valence-corrected chi connectivity index (χ3v) is 5.84. The van der Waals surface area contributed by atoms with Crippen molar-refractivity contribution in [1.82, 2.24) is 15.0 Å². The zero-order chi connectivity index (χ0) is 20.7. The van der Waals surface area contributed by atoms with Gasteiger partial charge >= 0.3 is 0 Å². The van der Waals surface area contributed by atoms with Crippen molar-refractivity contribution in [2.24, 2.45) is 0 Å². The molecule has 1 aromatic carbocycles. The van der Waals surface area contributed by atoms with E-state index in [1.54, 1.807) is 20.0 Å². The van der Waals surface area contributed by atoms with E-state index in [4.69, 9.17) is 0 Å². The van der Waals surface area contributed by atoms with Crippen LogP contribution >= 0.6 is 0 Å². The fraction of sp³-hybridized carbons (Fsp3) is 0.400. The maximum atomic E-state index is 12.3. The number of aromatic nitrogens is 1. The van der Waals surface area contributed by atoms with Crippen molar-refractivity contribution < 1.29 is 13.2 Å². The molecule has 0 unspecified atom stereocenters. The molecule has 0 aliphatic rings. The third kappa shape index (κ3) is 5.77. The predicted octanol–water partition coefficient (Wildman–Crippen LogP) is 2.54. The van der Waals surface area contributed by atoms with Crippen LogP contribution in [-0.2, 0) is 16.6 Å². The zero-order valence-corrected chi connectivity index (χ0v) is 17.6. The fourth-order valence-corrected chi connectivity index (χ4v) is 3.96. The lowest BCUT2D eigenvalue weighted by molar-refractivity contribution is 0.0951. The average molecular weight is 405 g/mol. The first-order valence-electron chi connectivity index (χ1n) is 9.37. The van der Waals surface area contributed by atoms with Gasteiger partial charge in [-0.1, -0.05) is 6.07 Å². The largest absolute Gasteiger partial charge is 0.357 e. The summed E-state index contributed by atoms with van der Waals surface area (Å²) >= 11 is 0. The van der Waals surface area contributed by atoms with Crippen molar-refractivity contribution in [3.63, 3.8) is 0 Å². The molecule has 152 valence electrons. The highest BCUT2D eigenvalue weighted by molar-refractivity contribution is 7.89. The first-order valence-corrected chi connectivity index (χ1v) is 10.9. The van der Waals surface area contributed by atoms with Crippen LogP contribution in [0, 0.1) is 0 Å². The molecule has 0 saturated heterocycles. The van der Waals surface area contributed by atoms with Gasteiger partial charge in [0.25, 0.3) is 5.91 Å². The van der Waals surface area contributed by atoms with Gasteiger partial charge in [0, 0.05) is 37.4 Å². The maximum absolute atomic E-state index is 12.3. The van der Waals surface area contributed by atoms with Crippen LogP contribution in [0.1, 0.15) is 43.6 Å². The van der Waals surface area contributed by atoms with Crippen LogP contribution in [0.3, 0.4) is 0 Å². The Hall–Kier alpha value is -2.45. The van der Waals surface area contributed by atoms with Gasteiger partial charge in [-0.05, 0) is 63.6 Å². The molecule has 0 radical (unpaired) electrons. The molecule has 28 heavy (non-hydrogen) atoms. The number of carbonyl (C=O) groups is 1. The zero-order valence-electron chi connectivity index (χ0n) is 16.8. The van der Waals surface area contributed by atoms with Crippen molar-refractivity contribution in [2.75, 3.05) is 18.0 Å². The maximum Gasteiger partial charge on any atom is 0.251 e. The molecule has 2 N–H and O–H groups in total. The number of amides is 1. The molecule has 1 aromatic heterocycles. The van der Waals surface area contributed by atoms with E-state index in [1.165, 1.54) is 24.3 Å². The second-order valence-electron chi connectivity index (χ2n) is 6.68. The first-order chi connectivity index (χ1) is 13.3. The van der Waals surface area contributed by atoms with Crippen molar-refractivity contribution in [3.05, 3.63) is 53.7 Å². The number of carbonyl (C=O) groups excluding carboxylic acids is 1. The van der Waals surface area contributed by atoms with E-state index in [2.05, 4.69) is 33.8 Å². The van der Waals surface area contributed by atoms with Gasteiger partial charge in [0.15, 0.2) is 0 Å². The van der Waals surface area contributed by atoms with Crippen LogP contribution in [-0.4, -0.2) is 38.4 Å². The molecule has 0 bridgehead atoms. The summed E-state index contributed by atoms with van der Waals surface area (Å²) in [6.07, 6.45) is 1.75. The number of hydrogen-bond donors (Lipinski definition) is 2. The first kappa shape index (κ1) is 21.8. The number of rotatable bonds is 9. The molecule has 1 heterocycles. The molecule has 2 rings (SSSR count).